The molecule has 1 saturated heterocycles. The van der Waals surface area contributed by atoms with Crippen molar-refractivity contribution in [1.82, 2.24) is 5.16 Å². The molecule has 2 heterocycles. The quantitative estimate of drug-likeness (QED) is 0.616. The van der Waals surface area contributed by atoms with Gasteiger partial charge in [-0.1, -0.05) is 31.8 Å². The highest BCUT2D eigenvalue weighted by atomic mass is 32.2. The van der Waals surface area contributed by atoms with Crippen molar-refractivity contribution in [3.05, 3.63) is 11.8 Å². The molecule has 1 aromatic heterocycles. The number of aromatic nitrogens is 1. The molecule has 1 saturated carbocycles. The van der Waals surface area contributed by atoms with E-state index in [1.165, 1.54) is 0 Å². The van der Waals surface area contributed by atoms with Crippen LogP contribution in [0.3, 0.4) is 0 Å². The van der Waals surface area contributed by atoms with Crippen LogP contribution in [0.1, 0.15) is 84.8 Å². The fraction of sp³-hybridized carbons (Fsp3) is 0.818. The molecular formula is C22H36N2O5S. The Hall–Kier alpha value is -1.25. The number of anilines is 1. The largest absolute Gasteiger partial charge is 0.353 e. The molecule has 1 aromatic rings. The highest BCUT2D eigenvalue weighted by Gasteiger charge is 2.41. The van der Waals surface area contributed by atoms with E-state index in [1.54, 1.807) is 19.9 Å². The standard InChI is InChI=1S/C22H36N2O5S/c1-5-16(2)30(26)21(3,4)20(25)23-18-14-17(24-29-18)22(11-7-8-12-22)15-28-19-10-6-9-13-27-19/h14,16,19H,5-13,15H2,1-4H3,(H,23,25)/t16-,19?,30?/m0/s1. The Morgan fingerprint density at radius 1 is 1.37 bits per heavy atom. The maximum Gasteiger partial charge on any atom is 0.245 e. The first-order valence-corrected chi connectivity index (χ1v) is 12.4. The SMILES string of the molecule is CC[C@H](C)S(=O)C(C)(C)C(=O)Nc1cc(C2(COC3CCCCO3)CCCC2)no1. The van der Waals surface area contributed by atoms with Gasteiger partial charge in [-0.25, -0.2) is 0 Å². The van der Waals surface area contributed by atoms with Crippen LogP contribution < -0.4 is 5.32 Å². The minimum atomic E-state index is -1.30. The third-order valence-electron chi connectivity index (χ3n) is 6.52. The zero-order valence-corrected chi connectivity index (χ0v) is 19.5. The molecule has 2 fully saturated rings. The van der Waals surface area contributed by atoms with Gasteiger partial charge in [-0.05, 0) is 52.4 Å². The summed E-state index contributed by atoms with van der Waals surface area (Å²) in [6.07, 6.45) is 7.95. The van der Waals surface area contributed by atoms with E-state index in [0.717, 1.165) is 63.7 Å². The Bertz CT molecular complexity index is 736. The maximum atomic E-state index is 12.8. The molecule has 3 atom stereocenters. The second kappa shape index (κ2) is 9.92. The molecule has 1 aliphatic heterocycles. The number of carbonyl (C=O) groups is 1. The van der Waals surface area contributed by atoms with Crippen LogP contribution in [-0.4, -0.2) is 44.8 Å². The van der Waals surface area contributed by atoms with Crippen molar-refractivity contribution in [3.8, 4) is 0 Å². The Morgan fingerprint density at radius 2 is 2.10 bits per heavy atom. The molecular weight excluding hydrogens is 404 g/mol. The van der Waals surface area contributed by atoms with Gasteiger partial charge in [0.05, 0.1) is 12.3 Å². The molecule has 7 nitrogen and oxygen atoms in total. The zero-order chi connectivity index (χ0) is 21.8. The van der Waals surface area contributed by atoms with Crippen molar-refractivity contribution in [1.29, 1.82) is 0 Å². The number of rotatable bonds is 9. The maximum absolute atomic E-state index is 12.8. The molecule has 170 valence electrons. The third-order valence-corrected chi connectivity index (χ3v) is 8.78. The molecule has 0 radical (unpaired) electrons. The van der Waals surface area contributed by atoms with Gasteiger partial charge in [0, 0.05) is 34.1 Å². The lowest BCUT2D eigenvalue weighted by atomic mass is 9.83. The first-order chi connectivity index (χ1) is 14.3. The van der Waals surface area contributed by atoms with Crippen molar-refractivity contribution in [2.24, 2.45) is 0 Å². The van der Waals surface area contributed by atoms with Gasteiger partial charge in [-0.15, -0.1) is 0 Å². The van der Waals surface area contributed by atoms with E-state index in [2.05, 4.69) is 10.5 Å². The molecule has 0 bridgehead atoms. The van der Waals surface area contributed by atoms with Crippen molar-refractivity contribution < 1.29 is 23.0 Å². The summed E-state index contributed by atoms with van der Waals surface area (Å²) in [4.78, 5) is 12.8. The number of amides is 1. The fourth-order valence-corrected chi connectivity index (χ4v) is 5.76. The van der Waals surface area contributed by atoms with Crippen LogP contribution in [0.5, 0.6) is 0 Å². The average molecular weight is 441 g/mol. The van der Waals surface area contributed by atoms with Crippen LogP contribution in [0, 0.1) is 0 Å². The highest BCUT2D eigenvalue weighted by Crippen LogP contribution is 2.42. The molecule has 3 rings (SSSR count). The van der Waals surface area contributed by atoms with E-state index < -0.39 is 15.5 Å². The lowest BCUT2D eigenvalue weighted by molar-refractivity contribution is -0.172. The van der Waals surface area contributed by atoms with E-state index in [-0.39, 0.29) is 22.9 Å². The minimum Gasteiger partial charge on any atom is -0.353 e. The molecule has 8 heteroatoms. The van der Waals surface area contributed by atoms with E-state index in [0.29, 0.717) is 12.5 Å². The molecule has 30 heavy (non-hydrogen) atoms. The van der Waals surface area contributed by atoms with Crippen LogP contribution in [0.15, 0.2) is 10.6 Å². The number of nitrogens with zero attached hydrogens (tertiary/aromatic N) is 1. The number of hydrogen-bond donors (Lipinski definition) is 1. The fourth-order valence-electron chi connectivity index (χ4n) is 4.21. The van der Waals surface area contributed by atoms with Crippen molar-refractivity contribution in [2.75, 3.05) is 18.5 Å². The highest BCUT2D eigenvalue weighted by molar-refractivity contribution is 7.87. The minimum absolute atomic E-state index is 0.0584. The van der Waals surface area contributed by atoms with Gasteiger partial charge in [-0.3, -0.25) is 14.3 Å². The number of nitrogens with one attached hydrogen (secondary N) is 1. The van der Waals surface area contributed by atoms with Crippen LogP contribution in [0.2, 0.25) is 0 Å². The molecule has 2 unspecified atom stereocenters. The molecule has 0 spiro atoms. The Balaban J connectivity index is 1.67. The lowest BCUT2D eigenvalue weighted by Crippen LogP contribution is -2.44. The average Bonchev–Trinajstić information content (AvgIpc) is 3.42. The Labute approximate surface area is 182 Å². The van der Waals surface area contributed by atoms with Crippen molar-refractivity contribution in [3.63, 3.8) is 0 Å². The first kappa shape index (κ1) is 23.4. The van der Waals surface area contributed by atoms with Crippen LogP contribution in [0.4, 0.5) is 5.88 Å². The predicted octanol–water partition coefficient (Wildman–Crippen LogP) is 4.29. The lowest BCUT2D eigenvalue weighted by Gasteiger charge is -2.30. The molecule has 1 N–H and O–H groups in total. The summed E-state index contributed by atoms with van der Waals surface area (Å²) < 4.78 is 29.0. The van der Waals surface area contributed by atoms with Crippen LogP contribution in [-0.2, 0) is 30.5 Å². The van der Waals surface area contributed by atoms with Crippen molar-refractivity contribution >= 4 is 22.6 Å². The van der Waals surface area contributed by atoms with Crippen LogP contribution in [0.25, 0.3) is 0 Å². The summed E-state index contributed by atoms with van der Waals surface area (Å²) in [5.41, 5.74) is 0.606. The second-order valence-corrected chi connectivity index (χ2v) is 11.6. The van der Waals surface area contributed by atoms with E-state index in [1.807, 2.05) is 13.8 Å². The predicted molar refractivity (Wildman–Crippen MR) is 117 cm³/mol. The second-order valence-electron chi connectivity index (χ2n) is 9.15. The van der Waals surface area contributed by atoms with Gasteiger partial charge in [0.25, 0.3) is 0 Å². The van der Waals surface area contributed by atoms with Crippen LogP contribution >= 0.6 is 0 Å². The normalized spacial score (nSPS) is 23.8. The summed E-state index contributed by atoms with van der Waals surface area (Å²) >= 11 is 0. The van der Waals surface area contributed by atoms with Gasteiger partial charge < -0.3 is 14.0 Å². The summed E-state index contributed by atoms with van der Waals surface area (Å²) in [6.45, 7) is 8.59. The van der Waals surface area contributed by atoms with Gasteiger partial charge in [-0.2, -0.15) is 0 Å². The summed E-state index contributed by atoms with van der Waals surface area (Å²) in [5, 5.41) is 7.00. The van der Waals surface area contributed by atoms with Gasteiger partial charge in [0.1, 0.15) is 4.75 Å². The Morgan fingerprint density at radius 3 is 2.73 bits per heavy atom. The number of hydrogen-bond acceptors (Lipinski definition) is 6. The van der Waals surface area contributed by atoms with Gasteiger partial charge in [0.15, 0.2) is 6.29 Å². The van der Waals surface area contributed by atoms with E-state index >= 15 is 0 Å². The zero-order valence-electron chi connectivity index (χ0n) is 18.7. The molecule has 1 aliphatic carbocycles. The topological polar surface area (TPSA) is 90.7 Å². The summed E-state index contributed by atoms with van der Waals surface area (Å²) in [7, 11) is -1.30. The van der Waals surface area contributed by atoms with E-state index in [9.17, 15) is 9.00 Å². The molecule has 0 aromatic carbocycles. The first-order valence-electron chi connectivity index (χ1n) is 11.2. The smallest absolute Gasteiger partial charge is 0.245 e. The number of ether oxygens (including phenoxy) is 2. The third kappa shape index (κ3) is 5.14. The monoisotopic (exact) mass is 440 g/mol. The van der Waals surface area contributed by atoms with Gasteiger partial charge >= 0.3 is 0 Å². The van der Waals surface area contributed by atoms with E-state index in [4.69, 9.17) is 14.0 Å². The Kier molecular flexibility index (Phi) is 7.74. The molecule has 2 aliphatic rings. The summed E-state index contributed by atoms with van der Waals surface area (Å²) in [5.74, 6) is -0.0272. The summed E-state index contributed by atoms with van der Waals surface area (Å²) in [6, 6.07) is 1.80. The van der Waals surface area contributed by atoms with Gasteiger partial charge in [0.2, 0.25) is 11.8 Å². The van der Waals surface area contributed by atoms with Crippen molar-refractivity contribution in [2.45, 2.75) is 101 Å². The molecule has 1 amide bonds. The number of carbonyl (C=O) groups excluding carboxylic acids is 1.